The third-order valence-corrected chi connectivity index (χ3v) is 2.17. The molecule has 0 fully saturated rings. The lowest BCUT2D eigenvalue weighted by Gasteiger charge is -2.04. The number of nitrogens with zero attached hydrogens (tertiary/aromatic N) is 1. The van der Waals surface area contributed by atoms with E-state index in [1.54, 1.807) is 12.1 Å². The van der Waals surface area contributed by atoms with E-state index >= 15 is 0 Å². The van der Waals surface area contributed by atoms with E-state index in [0.717, 1.165) is 18.2 Å². The van der Waals surface area contributed by atoms with Gasteiger partial charge in [0.05, 0.1) is 11.6 Å². The molecule has 3 heteroatoms. The summed E-state index contributed by atoms with van der Waals surface area (Å²) in [5.74, 6) is -1.11. The summed E-state index contributed by atoms with van der Waals surface area (Å²) in [4.78, 5) is 0. The van der Waals surface area contributed by atoms with Crippen LogP contribution in [0.2, 0.25) is 0 Å². The summed E-state index contributed by atoms with van der Waals surface area (Å²) < 4.78 is 26.5. The number of rotatable bonds is 1. The van der Waals surface area contributed by atoms with Gasteiger partial charge in [0.1, 0.15) is 11.6 Å². The zero-order valence-electron chi connectivity index (χ0n) is 8.17. The molecule has 1 radical (unpaired) electrons. The molecule has 0 atom stereocenters. The Morgan fingerprint density at radius 1 is 1.19 bits per heavy atom. The highest BCUT2D eigenvalue weighted by Gasteiger charge is 2.10. The van der Waals surface area contributed by atoms with Crippen molar-refractivity contribution < 1.29 is 8.78 Å². The summed E-state index contributed by atoms with van der Waals surface area (Å²) in [5.41, 5.74) is 0.603. The van der Waals surface area contributed by atoms with E-state index in [4.69, 9.17) is 5.26 Å². The Morgan fingerprint density at radius 2 is 2.00 bits per heavy atom. The van der Waals surface area contributed by atoms with Crippen LogP contribution in [0.5, 0.6) is 0 Å². The molecular formula is C13H6F2N. The van der Waals surface area contributed by atoms with Crippen molar-refractivity contribution in [2.24, 2.45) is 0 Å². The first-order valence-corrected chi connectivity index (χ1v) is 4.58. The second-order valence-electron chi connectivity index (χ2n) is 3.19. The van der Waals surface area contributed by atoms with Crippen molar-refractivity contribution in [1.82, 2.24) is 0 Å². The van der Waals surface area contributed by atoms with E-state index in [1.807, 2.05) is 6.07 Å². The van der Waals surface area contributed by atoms with E-state index in [2.05, 4.69) is 6.07 Å². The van der Waals surface area contributed by atoms with Gasteiger partial charge in [-0.1, -0.05) is 12.1 Å². The van der Waals surface area contributed by atoms with Crippen LogP contribution >= 0.6 is 0 Å². The lowest BCUT2D eigenvalue weighted by atomic mass is 10.00. The number of hydrogen-bond acceptors (Lipinski definition) is 1. The Morgan fingerprint density at radius 3 is 2.75 bits per heavy atom. The van der Waals surface area contributed by atoms with Crippen LogP contribution in [0.3, 0.4) is 0 Å². The highest BCUT2D eigenvalue weighted by molar-refractivity contribution is 5.70. The smallest absolute Gasteiger partial charge is 0.131 e. The summed E-state index contributed by atoms with van der Waals surface area (Å²) in [5, 5.41) is 8.85. The molecule has 16 heavy (non-hydrogen) atoms. The summed E-state index contributed by atoms with van der Waals surface area (Å²) in [6.45, 7) is 0. The number of hydrogen-bond donors (Lipinski definition) is 0. The third kappa shape index (κ3) is 1.78. The van der Waals surface area contributed by atoms with E-state index in [-0.39, 0.29) is 16.7 Å². The minimum atomic E-state index is -0.569. The van der Waals surface area contributed by atoms with Gasteiger partial charge in [-0.05, 0) is 30.3 Å². The van der Waals surface area contributed by atoms with Crippen LogP contribution in [-0.4, -0.2) is 0 Å². The van der Waals surface area contributed by atoms with Crippen LogP contribution in [0.15, 0.2) is 36.4 Å². The molecule has 0 N–H and O–H groups in total. The summed E-state index contributed by atoms with van der Waals surface area (Å²) in [6.07, 6.45) is 0. The predicted octanol–water partition coefficient (Wildman–Crippen LogP) is 3.30. The van der Waals surface area contributed by atoms with E-state index in [0.29, 0.717) is 0 Å². The number of halogens is 2. The fourth-order valence-corrected chi connectivity index (χ4v) is 1.44. The highest BCUT2D eigenvalue weighted by Crippen LogP contribution is 2.26. The fourth-order valence-electron chi connectivity index (χ4n) is 1.44. The van der Waals surface area contributed by atoms with Crippen LogP contribution in [-0.2, 0) is 0 Å². The monoisotopic (exact) mass is 214 g/mol. The zero-order valence-corrected chi connectivity index (χ0v) is 8.17. The lowest BCUT2D eigenvalue weighted by Crippen LogP contribution is -1.89. The molecule has 1 nitrogen and oxygen atoms in total. The first-order valence-electron chi connectivity index (χ1n) is 4.58. The van der Waals surface area contributed by atoms with Gasteiger partial charge in [-0.25, -0.2) is 8.78 Å². The molecule has 0 saturated heterocycles. The normalized spacial score (nSPS) is 9.81. The Labute approximate surface area is 91.6 Å². The van der Waals surface area contributed by atoms with Gasteiger partial charge in [-0.15, -0.1) is 0 Å². The van der Waals surface area contributed by atoms with Gasteiger partial charge in [0.25, 0.3) is 0 Å². The van der Waals surface area contributed by atoms with Crippen molar-refractivity contribution in [3.8, 4) is 17.2 Å². The third-order valence-electron chi connectivity index (χ3n) is 2.17. The van der Waals surface area contributed by atoms with Crippen molar-refractivity contribution in [3.63, 3.8) is 0 Å². The molecule has 0 saturated carbocycles. The second kappa shape index (κ2) is 4.11. The topological polar surface area (TPSA) is 23.8 Å². The van der Waals surface area contributed by atoms with Crippen LogP contribution in [0.4, 0.5) is 8.78 Å². The molecular weight excluding hydrogens is 208 g/mol. The van der Waals surface area contributed by atoms with Crippen LogP contribution in [0.25, 0.3) is 11.1 Å². The van der Waals surface area contributed by atoms with Gasteiger partial charge >= 0.3 is 0 Å². The van der Waals surface area contributed by atoms with Crippen molar-refractivity contribution in [2.45, 2.75) is 0 Å². The quantitative estimate of drug-likeness (QED) is 0.714. The SMILES string of the molecule is N#Cc1ccc[c]c1-c1cc(F)ccc1F. The maximum Gasteiger partial charge on any atom is 0.131 e. The first-order chi connectivity index (χ1) is 7.72. The molecule has 0 heterocycles. The van der Waals surface area contributed by atoms with Gasteiger partial charge in [0.2, 0.25) is 0 Å². The molecule has 0 aliphatic rings. The minimum absolute atomic E-state index is 0.0529. The molecule has 0 spiro atoms. The van der Waals surface area contributed by atoms with Crippen molar-refractivity contribution in [1.29, 1.82) is 5.26 Å². The van der Waals surface area contributed by atoms with Gasteiger partial charge < -0.3 is 0 Å². The van der Waals surface area contributed by atoms with Gasteiger partial charge in [-0.3, -0.25) is 0 Å². The van der Waals surface area contributed by atoms with Gasteiger partial charge in [-0.2, -0.15) is 5.26 Å². The molecule has 0 aliphatic heterocycles. The highest BCUT2D eigenvalue weighted by atomic mass is 19.1. The molecule has 0 bridgehead atoms. The average Bonchev–Trinajstić information content (AvgIpc) is 2.32. The van der Waals surface area contributed by atoms with Gasteiger partial charge in [0, 0.05) is 11.1 Å². The molecule has 77 valence electrons. The van der Waals surface area contributed by atoms with E-state index in [9.17, 15) is 8.78 Å². The average molecular weight is 214 g/mol. The fraction of sp³-hybridized carbons (Fsp3) is 0. The number of benzene rings is 2. The Bertz CT molecular complexity index is 570. The first kappa shape index (κ1) is 10.3. The Kier molecular flexibility index (Phi) is 2.65. The minimum Gasteiger partial charge on any atom is -0.207 e. The van der Waals surface area contributed by atoms with Crippen LogP contribution in [0.1, 0.15) is 5.56 Å². The van der Waals surface area contributed by atoms with Crippen molar-refractivity contribution in [2.75, 3.05) is 0 Å². The van der Waals surface area contributed by atoms with Crippen LogP contribution < -0.4 is 0 Å². The Balaban J connectivity index is 2.68. The standard InChI is InChI=1S/C13H6F2N/c14-10-5-6-13(15)12(7-10)11-4-2-1-3-9(11)8-16/h1-3,5-7H. The molecule has 2 aromatic carbocycles. The van der Waals surface area contributed by atoms with Gasteiger partial charge in [0.15, 0.2) is 0 Å². The summed E-state index contributed by atoms with van der Waals surface area (Å²) in [7, 11) is 0. The predicted molar refractivity (Wildman–Crippen MR) is 55.3 cm³/mol. The molecule has 2 aromatic rings. The second-order valence-corrected chi connectivity index (χ2v) is 3.19. The van der Waals surface area contributed by atoms with E-state index < -0.39 is 11.6 Å². The van der Waals surface area contributed by atoms with Crippen molar-refractivity contribution in [3.05, 3.63) is 59.7 Å². The van der Waals surface area contributed by atoms with E-state index in [1.165, 1.54) is 6.07 Å². The maximum absolute atomic E-state index is 13.5. The molecule has 0 aromatic heterocycles. The van der Waals surface area contributed by atoms with Crippen LogP contribution in [0, 0.1) is 29.0 Å². The maximum atomic E-state index is 13.5. The molecule has 2 rings (SSSR count). The largest absolute Gasteiger partial charge is 0.207 e. The summed E-state index contributed by atoms with van der Waals surface area (Å²) in [6, 6.07) is 12.5. The summed E-state index contributed by atoms with van der Waals surface area (Å²) >= 11 is 0. The molecule has 0 amide bonds. The lowest BCUT2D eigenvalue weighted by molar-refractivity contribution is 0.603. The Hall–Kier alpha value is -2.21. The zero-order chi connectivity index (χ0) is 11.5. The molecule has 0 aliphatic carbocycles. The van der Waals surface area contributed by atoms with Crippen molar-refractivity contribution >= 4 is 0 Å². The molecule has 0 unspecified atom stereocenters. The number of nitriles is 1.